The average Bonchev–Trinajstić information content (AvgIpc) is 2.99. The summed E-state index contributed by atoms with van der Waals surface area (Å²) in [6.07, 6.45) is 0. The van der Waals surface area contributed by atoms with Gasteiger partial charge in [0.05, 0.1) is 34.5 Å². The lowest BCUT2D eigenvalue weighted by Gasteiger charge is -2.25. The molecule has 7 nitrogen and oxygen atoms in total. The first-order valence-electron chi connectivity index (χ1n) is 9.99. The summed E-state index contributed by atoms with van der Waals surface area (Å²) < 4.78 is 53.8. The van der Waals surface area contributed by atoms with Crippen molar-refractivity contribution in [1.82, 2.24) is 0 Å². The Hall–Kier alpha value is -3.17. The van der Waals surface area contributed by atoms with Gasteiger partial charge in [0.15, 0.2) is 0 Å². The Morgan fingerprint density at radius 1 is 0.906 bits per heavy atom. The number of rotatable bonds is 6. The van der Waals surface area contributed by atoms with Crippen LogP contribution in [0, 0.1) is 5.92 Å². The summed E-state index contributed by atoms with van der Waals surface area (Å²) in [5, 5.41) is 0. The monoisotopic (exact) mass is 470 g/mol. The maximum absolute atomic E-state index is 13.5. The fourth-order valence-electron chi connectivity index (χ4n) is 3.63. The normalized spacial score (nSPS) is 18.0. The van der Waals surface area contributed by atoms with Gasteiger partial charge in [-0.3, -0.25) is 9.10 Å². The van der Waals surface area contributed by atoms with Crippen LogP contribution in [0.5, 0.6) is 0 Å². The molecule has 1 aliphatic rings. The molecule has 1 heterocycles. The van der Waals surface area contributed by atoms with Gasteiger partial charge in [0, 0.05) is 0 Å². The number of sulfonamides is 2. The number of hydrogen-bond acceptors (Lipinski definition) is 5. The first-order chi connectivity index (χ1) is 15.2. The van der Waals surface area contributed by atoms with E-state index in [9.17, 15) is 21.6 Å². The van der Waals surface area contributed by atoms with E-state index in [1.54, 1.807) is 37.3 Å². The predicted octanol–water partition coefficient (Wildman–Crippen LogP) is 3.39. The molecule has 0 unspecified atom stereocenters. The zero-order valence-electron chi connectivity index (χ0n) is 17.3. The summed E-state index contributed by atoms with van der Waals surface area (Å²) in [6, 6.07) is 23.4. The third-order valence-electron chi connectivity index (χ3n) is 5.23. The Kier molecular flexibility index (Phi) is 5.79. The van der Waals surface area contributed by atoms with E-state index < -0.39 is 31.9 Å². The van der Waals surface area contributed by atoms with E-state index >= 15 is 0 Å². The van der Waals surface area contributed by atoms with Gasteiger partial charge >= 0.3 is 0 Å². The highest BCUT2D eigenvalue weighted by Crippen LogP contribution is 2.31. The molecule has 1 aliphatic heterocycles. The summed E-state index contributed by atoms with van der Waals surface area (Å²) in [5.74, 6) is -1.41. The number of carbonyl (C=O) groups excluding carboxylic acids is 1. The van der Waals surface area contributed by atoms with Crippen molar-refractivity contribution in [3.05, 3.63) is 90.5 Å². The number of hydrogen-bond donors (Lipinski definition) is 0. The molecule has 4 rings (SSSR count). The first-order valence-corrected chi connectivity index (χ1v) is 13.0. The van der Waals surface area contributed by atoms with Crippen molar-refractivity contribution in [2.75, 3.05) is 14.4 Å². The topological polar surface area (TPSA) is 91.8 Å². The maximum atomic E-state index is 13.5. The quantitative estimate of drug-likeness (QED) is 0.551. The lowest BCUT2D eigenvalue weighted by Crippen LogP contribution is -2.31. The highest BCUT2D eigenvalue weighted by atomic mass is 32.2. The third kappa shape index (κ3) is 4.13. The first kappa shape index (κ1) is 22.0. The van der Waals surface area contributed by atoms with E-state index in [0.29, 0.717) is 5.69 Å². The molecule has 0 spiro atoms. The molecule has 166 valence electrons. The van der Waals surface area contributed by atoms with Crippen molar-refractivity contribution >= 4 is 37.3 Å². The van der Waals surface area contributed by atoms with Crippen molar-refractivity contribution < 1.29 is 21.6 Å². The molecule has 1 saturated heterocycles. The molecule has 3 aromatic rings. The molecular formula is C23H22N2O5S2. The highest BCUT2D eigenvalue weighted by molar-refractivity contribution is 7.94. The number of para-hydroxylation sites is 1. The molecular weight excluding hydrogens is 448 g/mol. The van der Waals surface area contributed by atoms with E-state index in [1.165, 1.54) is 28.6 Å². The zero-order valence-corrected chi connectivity index (χ0v) is 19.0. The molecule has 0 radical (unpaired) electrons. The van der Waals surface area contributed by atoms with Gasteiger partial charge in [-0.15, -0.1) is 0 Å². The van der Waals surface area contributed by atoms with E-state index in [-0.39, 0.29) is 22.9 Å². The molecule has 0 aromatic heterocycles. The number of nitrogens with zero attached hydrogens (tertiary/aromatic N) is 2. The highest BCUT2D eigenvalue weighted by Gasteiger charge is 2.42. The van der Waals surface area contributed by atoms with Gasteiger partial charge < -0.3 is 0 Å². The standard InChI is InChI=1S/C23H22N2O5S2/c1-18-17-31(27,28)25(23(18)26)21-12-14-22(15-13-21)32(29,30)24(20-10-6-3-7-11-20)16-19-8-4-2-5-9-19/h2-15,18H,16-17H2,1H3/t18-/m1/s1. The molecule has 0 saturated carbocycles. The molecule has 0 bridgehead atoms. The second kappa shape index (κ2) is 8.40. The molecule has 0 N–H and O–H groups in total. The lowest BCUT2D eigenvalue weighted by atomic mass is 10.2. The minimum Gasteiger partial charge on any atom is -0.273 e. The van der Waals surface area contributed by atoms with Gasteiger partial charge in [-0.25, -0.2) is 21.1 Å². The summed E-state index contributed by atoms with van der Waals surface area (Å²) in [4.78, 5) is 12.3. The molecule has 1 fully saturated rings. The molecule has 32 heavy (non-hydrogen) atoms. The van der Waals surface area contributed by atoms with Crippen LogP contribution in [-0.4, -0.2) is 28.5 Å². The van der Waals surface area contributed by atoms with Crippen molar-refractivity contribution in [2.45, 2.75) is 18.4 Å². The largest absolute Gasteiger partial charge is 0.273 e. The van der Waals surface area contributed by atoms with Gasteiger partial charge in [-0.05, 0) is 42.0 Å². The third-order valence-corrected chi connectivity index (χ3v) is 8.89. The molecule has 3 aromatic carbocycles. The van der Waals surface area contributed by atoms with Gasteiger partial charge in [-0.2, -0.15) is 0 Å². The van der Waals surface area contributed by atoms with E-state index in [4.69, 9.17) is 0 Å². The molecule has 9 heteroatoms. The van der Waals surface area contributed by atoms with Gasteiger partial charge in [0.1, 0.15) is 0 Å². The summed E-state index contributed by atoms with van der Waals surface area (Å²) in [6.45, 7) is 1.69. The van der Waals surface area contributed by atoms with Crippen LogP contribution in [0.15, 0.2) is 89.8 Å². The second-order valence-corrected chi connectivity index (χ2v) is 11.3. The summed E-state index contributed by atoms with van der Waals surface area (Å²) in [5.41, 5.74) is 1.46. The van der Waals surface area contributed by atoms with E-state index in [2.05, 4.69) is 0 Å². The Morgan fingerprint density at radius 3 is 2.00 bits per heavy atom. The van der Waals surface area contributed by atoms with Crippen molar-refractivity contribution in [3.8, 4) is 0 Å². The Balaban J connectivity index is 1.71. The van der Waals surface area contributed by atoms with Crippen LogP contribution in [0.25, 0.3) is 0 Å². The maximum Gasteiger partial charge on any atom is 0.264 e. The molecule has 1 atom stereocenters. The minimum atomic E-state index is -3.97. The molecule has 0 aliphatic carbocycles. The van der Waals surface area contributed by atoms with Crippen LogP contribution in [0.1, 0.15) is 12.5 Å². The number of amides is 1. The van der Waals surface area contributed by atoms with Crippen molar-refractivity contribution in [2.24, 2.45) is 5.92 Å². The Bertz CT molecular complexity index is 1320. The second-order valence-electron chi connectivity index (χ2n) is 7.61. The summed E-state index contributed by atoms with van der Waals surface area (Å²) in [7, 11) is -7.73. The van der Waals surface area contributed by atoms with Crippen LogP contribution in [0.4, 0.5) is 11.4 Å². The van der Waals surface area contributed by atoms with Gasteiger partial charge in [0.25, 0.3) is 10.0 Å². The van der Waals surface area contributed by atoms with Crippen molar-refractivity contribution in [1.29, 1.82) is 0 Å². The smallest absolute Gasteiger partial charge is 0.264 e. The number of benzene rings is 3. The fraction of sp³-hybridized carbons (Fsp3) is 0.174. The Labute approximate surface area is 188 Å². The van der Waals surface area contributed by atoms with E-state index in [1.807, 2.05) is 30.3 Å². The number of carbonyl (C=O) groups is 1. The Morgan fingerprint density at radius 2 is 1.47 bits per heavy atom. The van der Waals surface area contributed by atoms with Gasteiger partial charge in [-0.1, -0.05) is 55.5 Å². The SMILES string of the molecule is C[C@@H]1CS(=O)(=O)N(c2ccc(S(=O)(=O)N(Cc3ccccc3)c3ccccc3)cc2)C1=O. The van der Waals surface area contributed by atoms with Crippen LogP contribution in [0.2, 0.25) is 0 Å². The average molecular weight is 471 g/mol. The zero-order chi connectivity index (χ0) is 22.9. The minimum absolute atomic E-state index is 0.00173. The van der Waals surface area contributed by atoms with Crippen molar-refractivity contribution in [3.63, 3.8) is 0 Å². The fourth-order valence-corrected chi connectivity index (χ4v) is 6.90. The lowest BCUT2D eigenvalue weighted by molar-refractivity contribution is -0.119. The van der Waals surface area contributed by atoms with E-state index in [0.717, 1.165) is 9.87 Å². The molecule has 1 amide bonds. The summed E-state index contributed by atoms with van der Waals surface area (Å²) >= 11 is 0. The predicted molar refractivity (Wildman–Crippen MR) is 123 cm³/mol. The van der Waals surface area contributed by atoms with Crippen LogP contribution in [-0.2, 0) is 31.4 Å². The van der Waals surface area contributed by atoms with Gasteiger partial charge in [0.2, 0.25) is 15.9 Å². The van der Waals surface area contributed by atoms with Crippen LogP contribution in [0.3, 0.4) is 0 Å². The van der Waals surface area contributed by atoms with Crippen LogP contribution < -0.4 is 8.61 Å². The number of anilines is 2. The van der Waals surface area contributed by atoms with Crippen LogP contribution >= 0.6 is 0 Å².